The first-order chi connectivity index (χ1) is 8.17. The van der Waals surface area contributed by atoms with E-state index >= 15 is 0 Å². The van der Waals surface area contributed by atoms with Gasteiger partial charge in [-0.1, -0.05) is 18.5 Å². The molecule has 0 saturated heterocycles. The molecule has 0 saturated carbocycles. The molecule has 0 aliphatic heterocycles. The van der Waals surface area contributed by atoms with E-state index in [1.807, 2.05) is 6.92 Å². The summed E-state index contributed by atoms with van der Waals surface area (Å²) in [5.41, 5.74) is 0.866. The summed E-state index contributed by atoms with van der Waals surface area (Å²) in [7, 11) is 1.59. The highest BCUT2D eigenvalue weighted by Gasteiger charge is 2.05. The number of halogens is 1. The van der Waals surface area contributed by atoms with Gasteiger partial charge in [0.1, 0.15) is 5.75 Å². The van der Waals surface area contributed by atoms with Crippen LogP contribution in [0.3, 0.4) is 0 Å². The van der Waals surface area contributed by atoms with E-state index in [9.17, 15) is 4.79 Å². The first kappa shape index (κ1) is 13.8. The van der Waals surface area contributed by atoms with Crippen molar-refractivity contribution < 1.29 is 9.53 Å². The molecular formula is C12H17ClN2O2. The van der Waals surface area contributed by atoms with Crippen LogP contribution in [0, 0.1) is 0 Å². The Bertz CT molecular complexity index is 383. The number of methoxy groups -OCH3 is 1. The third kappa shape index (κ3) is 4.63. The molecule has 5 heteroatoms. The average molecular weight is 257 g/mol. The normalized spacial score (nSPS) is 10.1. The molecule has 0 fully saturated rings. The van der Waals surface area contributed by atoms with Gasteiger partial charge in [-0.2, -0.15) is 0 Å². The van der Waals surface area contributed by atoms with E-state index in [0.717, 1.165) is 17.9 Å². The SMILES string of the molecule is CCNCC(=O)NCc1cc(Cl)ccc1OC. The molecule has 0 radical (unpaired) electrons. The summed E-state index contributed by atoms with van der Waals surface area (Å²) in [6.07, 6.45) is 0. The minimum absolute atomic E-state index is 0.0473. The van der Waals surface area contributed by atoms with Crippen molar-refractivity contribution in [1.82, 2.24) is 10.6 Å². The van der Waals surface area contributed by atoms with Gasteiger partial charge < -0.3 is 15.4 Å². The highest BCUT2D eigenvalue weighted by molar-refractivity contribution is 6.30. The molecule has 0 aliphatic carbocycles. The van der Waals surface area contributed by atoms with Gasteiger partial charge in [-0.05, 0) is 24.7 Å². The Hall–Kier alpha value is -1.26. The molecule has 94 valence electrons. The Balaban J connectivity index is 2.56. The fourth-order valence-electron chi connectivity index (χ4n) is 1.38. The van der Waals surface area contributed by atoms with Crippen LogP contribution in [0.2, 0.25) is 5.02 Å². The van der Waals surface area contributed by atoms with Crippen LogP contribution in [0.15, 0.2) is 18.2 Å². The van der Waals surface area contributed by atoms with Gasteiger partial charge in [0.25, 0.3) is 0 Å². The number of hydrogen-bond acceptors (Lipinski definition) is 3. The summed E-state index contributed by atoms with van der Waals surface area (Å²) >= 11 is 5.89. The summed E-state index contributed by atoms with van der Waals surface area (Å²) in [5.74, 6) is 0.673. The molecule has 0 spiro atoms. The smallest absolute Gasteiger partial charge is 0.234 e. The number of hydrogen-bond donors (Lipinski definition) is 2. The van der Waals surface area contributed by atoms with E-state index < -0.39 is 0 Å². The van der Waals surface area contributed by atoms with Gasteiger partial charge in [-0.25, -0.2) is 0 Å². The number of benzene rings is 1. The maximum Gasteiger partial charge on any atom is 0.234 e. The van der Waals surface area contributed by atoms with Crippen LogP contribution < -0.4 is 15.4 Å². The summed E-state index contributed by atoms with van der Waals surface area (Å²) < 4.78 is 5.19. The number of carbonyl (C=O) groups is 1. The van der Waals surface area contributed by atoms with E-state index in [0.29, 0.717) is 18.1 Å². The van der Waals surface area contributed by atoms with Crippen molar-refractivity contribution in [3.63, 3.8) is 0 Å². The first-order valence-corrected chi connectivity index (χ1v) is 5.85. The summed E-state index contributed by atoms with van der Waals surface area (Å²) in [6.45, 7) is 3.45. The zero-order valence-electron chi connectivity index (χ0n) is 10.0. The van der Waals surface area contributed by atoms with Crippen LogP contribution in [0.25, 0.3) is 0 Å². The van der Waals surface area contributed by atoms with Gasteiger partial charge in [-0.3, -0.25) is 4.79 Å². The van der Waals surface area contributed by atoms with E-state index in [-0.39, 0.29) is 5.91 Å². The molecule has 0 aliphatic rings. The molecule has 0 bridgehead atoms. The van der Waals surface area contributed by atoms with Gasteiger partial charge in [-0.15, -0.1) is 0 Å². The van der Waals surface area contributed by atoms with Crippen molar-refractivity contribution in [3.05, 3.63) is 28.8 Å². The first-order valence-electron chi connectivity index (χ1n) is 5.47. The highest BCUT2D eigenvalue weighted by Crippen LogP contribution is 2.22. The Morgan fingerprint density at radius 3 is 2.88 bits per heavy atom. The van der Waals surface area contributed by atoms with Crippen LogP contribution in [0.5, 0.6) is 5.75 Å². The van der Waals surface area contributed by atoms with Crippen molar-refractivity contribution in [1.29, 1.82) is 0 Å². The highest BCUT2D eigenvalue weighted by atomic mass is 35.5. The molecule has 17 heavy (non-hydrogen) atoms. The lowest BCUT2D eigenvalue weighted by molar-refractivity contribution is -0.120. The molecule has 1 rings (SSSR count). The third-order valence-corrected chi connectivity index (χ3v) is 2.49. The number of ether oxygens (including phenoxy) is 1. The molecule has 0 atom stereocenters. The molecule has 0 heterocycles. The van der Waals surface area contributed by atoms with Crippen LogP contribution >= 0.6 is 11.6 Å². The van der Waals surface area contributed by atoms with Crippen LogP contribution in [0.1, 0.15) is 12.5 Å². The van der Waals surface area contributed by atoms with Crippen molar-refractivity contribution in [3.8, 4) is 5.75 Å². The Morgan fingerprint density at radius 2 is 2.24 bits per heavy atom. The summed E-state index contributed by atoms with van der Waals surface area (Å²) in [6, 6.07) is 5.33. The van der Waals surface area contributed by atoms with E-state index in [2.05, 4.69) is 10.6 Å². The molecule has 1 aromatic carbocycles. The number of nitrogens with one attached hydrogen (secondary N) is 2. The van der Waals surface area contributed by atoms with E-state index in [4.69, 9.17) is 16.3 Å². The lowest BCUT2D eigenvalue weighted by Gasteiger charge is -2.10. The molecule has 4 nitrogen and oxygen atoms in total. The van der Waals surface area contributed by atoms with E-state index in [1.165, 1.54) is 0 Å². The fourth-order valence-corrected chi connectivity index (χ4v) is 1.57. The van der Waals surface area contributed by atoms with Crippen LogP contribution in [0.4, 0.5) is 0 Å². The van der Waals surface area contributed by atoms with Gasteiger partial charge in [0.05, 0.1) is 13.7 Å². The van der Waals surface area contributed by atoms with Crippen molar-refractivity contribution >= 4 is 17.5 Å². The quantitative estimate of drug-likeness (QED) is 0.813. The fraction of sp³-hybridized carbons (Fsp3) is 0.417. The molecule has 1 aromatic rings. The minimum atomic E-state index is -0.0473. The molecule has 1 amide bonds. The third-order valence-electron chi connectivity index (χ3n) is 2.25. The lowest BCUT2D eigenvalue weighted by Crippen LogP contribution is -2.33. The van der Waals surface area contributed by atoms with Crippen molar-refractivity contribution in [2.75, 3.05) is 20.2 Å². The summed E-state index contributed by atoms with van der Waals surface area (Å²) in [4.78, 5) is 11.4. The maximum absolute atomic E-state index is 11.4. The van der Waals surface area contributed by atoms with Crippen molar-refractivity contribution in [2.24, 2.45) is 0 Å². The number of rotatable bonds is 6. The predicted molar refractivity (Wildman–Crippen MR) is 68.4 cm³/mol. The zero-order chi connectivity index (χ0) is 12.7. The standard InChI is InChI=1S/C12H17ClN2O2/c1-3-14-8-12(16)15-7-9-6-10(13)4-5-11(9)17-2/h4-6,14H,3,7-8H2,1-2H3,(H,15,16). The average Bonchev–Trinajstić information content (AvgIpc) is 2.34. The molecule has 0 unspecified atom stereocenters. The second-order valence-electron chi connectivity index (χ2n) is 3.51. The summed E-state index contributed by atoms with van der Waals surface area (Å²) in [5, 5.41) is 6.38. The molecule has 0 aromatic heterocycles. The number of likely N-dealkylation sites (N-methyl/N-ethyl adjacent to an activating group) is 1. The largest absolute Gasteiger partial charge is 0.496 e. The van der Waals surface area contributed by atoms with Gasteiger partial charge in [0, 0.05) is 17.1 Å². The Morgan fingerprint density at radius 1 is 1.47 bits per heavy atom. The number of carbonyl (C=O) groups excluding carboxylic acids is 1. The lowest BCUT2D eigenvalue weighted by atomic mass is 10.2. The second kappa shape index (κ2) is 7.14. The predicted octanol–water partition coefficient (Wildman–Crippen LogP) is 1.57. The van der Waals surface area contributed by atoms with Crippen LogP contribution in [-0.2, 0) is 11.3 Å². The monoisotopic (exact) mass is 256 g/mol. The molecular weight excluding hydrogens is 240 g/mol. The maximum atomic E-state index is 11.4. The Labute approximate surface area is 106 Å². The van der Waals surface area contributed by atoms with Gasteiger partial charge in [0.2, 0.25) is 5.91 Å². The minimum Gasteiger partial charge on any atom is -0.496 e. The second-order valence-corrected chi connectivity index (χ2v) is 3.95. The van der Waals surface area contributed by atoms with Gasteiger partial charge in [0.15, 0.2) is 0 Å². The Kier molecular flexibility index (Phi) is 5.80. The van der Waals surface area contributed by atoms with Crippen molar-refractivity contribution in [2.45, 2.75) is 13.5 Å². The molecule has 2 N–H and O–H groups in total. The van der Waals surface area contributed by atoms with E-state index in [1.54, 1.807) is 25.3 Å². The van der Waals surface area contributed by atoms with Gasteiger partial charge >= 0.3 is 0 Å². The number of amides is 1. The topological polar surface area (TPSA) is 50.4 Å². The van der Waals surface area contributed by atoms with Crippen LogP contribution in [-0.4, -0.2) is 26.1 Å². The zero-order valence-corrected chi connectivity index (χ0v) is 10.8.